The first kappa shape index (κ1) is 14.5. The average Bonchev–Trinajstić information content (AvgIpc) is 2.91. The first-order chi connectivity index (χ1) is 9.56. The Morgan fingerprint density at radius 1 is 1.40 bits per heavy atom. The Hall–Kier alpha value is -1.88. The van der Waals surface area contributed by atoms with Crippen LogP contribution in [0.3, 0.4) is 0 Å². The van der Waals surface area contributed by atoms with Gasteiger partial charge in [0.05, 0.1) is 17.7 Å². The van der Waals surface area contributed by atoms with Crippen LogP contribution in [0.5, 0.6) is 5.75 Å². The molecular weight excluding hydrogens is 272 g/mol. The molecule has 2 rings (SSSR count). The van der Waals surface area contributed by atoms with E-state index in [1.807, 2.05) is 50.1 Å². The summed E-state index contributed by atoms with van der Waals surface area (Å²) < 4.78 is 5.23. The molecule has 0 aliphatic carbocycles. The van der Waals surface area contributed by atoms with Gasteiger partial charge in [-0.15, -0.1) is 0 Å². The van der Waals surface area contributed by atoms with Gasteiger partial charge in [-0.3, -0.25) is 4.79 Å². The number of carbonyl (C=O) groups is 1. The van der Waals surface area contributed by atoms with Gasteiger partial charge in [0.2, 0.25) is 0 Å². The van der Waals surface area contributed by atoms with Crippen molar-refractivity contribution in [3.63, 3.8) is 0 Å². The van der Waals surface area contributed by atoms with Crippen LogP contribution in [0.25, 0.3) is 0 Å². The second-order valence-corrected chi connectivity index (χ2v) is 5.79. The van der Waals surface area contributed by atoms with Crippen LogP contribution in [-0.2, 0) is 0 Å². The Morgan fingerprint density at radius 3 is 2.70 bits per heavy atom. The van der Waals surface area contributed by atoms with Crippen LogP contribution >= 0.6 is 11.3 Å². The SMILES string of the molecule is COc1cccc(N(C)c2nc(C(C)C)c(C=O)s2)c1. The van der Waals surface area contributed by atoms with Crippen LogP contribution < -0.4 is 9.64 Å². The molecule has 5 heteroatoms. The average molecular weight is 290 g/mol. The van der Waals surface area contributed by atoms with E-state index in [9.17, 15) is 4.79 Å². The first-order valence-electron chi connectivity index (χ1n) is 6.40. The predicted octanol–water partition coefficient (Wildman–Crippen LogP) is 3.86. The molecule has 0 saturated carbocycles. The molecule has 1 aromatic heterocycles. The monoisotopic (exact) mass is 290 g/mol. The third kappa shape index (κ3) is 2.82. The molecule has 1 aromatic carbocycles. The fraction of sp³-hybridized carbons (Fsp3) is 0.333. The quantitative estimate of drug-likeness (QED) is 0.784. The topological polar surface area (TPSA) is 42.4 Å². The van der Waals surface area contributed by atoms with E-state index in [1.54, 1.807) is 7.11 Å². The number of ether oxygens (including phenoxy) is 1. The van der Waals surface area contributed by atoms with Crippen LogP contribution in [0, 0.1) is 0 Å². The molecule has 1 heterocycles. The predicted molar refractivity (Wildman–Crippen MR) is 82.6 cm³/mol. The Kier molecular flexibility index (Phi) is 4.39. The van der Waals surface area contributed by atoms with Crippen LogP contribution in [-0.4, -0.2) is 25.4 Å². The van der Waals surface area contributed by atoms with Gasteiger partial charge in [-0.25, -0.2) is 4.98 Å². The zero-order valence-corrected chi connectivity index (χ0v) is 12.9. The van der Waals surface area contributed by atoms with Gasteiger partial charge >= 0.3 is 0 Å². The van der Waals surface area contributed by atoms with Crippen LogP contribution in [0.4, 0.5) is 10.8 Å². The van der Waals surface area contributed by atoms with Crippen molar-refractivity contribution in [1.82, 2.24) is 4.98 Å². The van der Waals surface area contributed by atoms with Gasteiger partial charge in [0.1, 0.15) is 5.75 Å². The molecular formula is C15H18N2O2S. The molecule has 0 aliphatic rings. The number of aromatic nitrogens is 1. The van der Waals surface area contributed by atoms with E-state index in [-0.39, 0.29) is 5.92 Å². The van der Waals surface area contributed by atoms with Gasteiger partial charge in [-0.2, -0.15) is 0 Å². The number of hydrogen-bond acceptors (Lipinski definition) is 5. The van der Waals surface area contributed by atoms with Crippen LogP contribution in [0.2, 0.25) is 0 Å². The van der Waals surface area contributed by atoms with Gasteiger partial charge in [0.15, 0.2) is 11.4 Å². The number of benzene rings is 1. The lowest BCUT2D eigenvalue weighted by Gasteiger charge is -2.16. The summed E-state index contributed by atoms with van der Waals surface area (Å²) in [5, 5.41) is 0.809. The van der Waals surface area contributed by atoms with E-state index in [2.05, 4.69) is 4.98 Å². The zero-order chi connectivity index (χ0) is 14.7. The Bertz CT molecular complexity index is 608. The summed E-state index contributed by atoms with van der Waals surface area (Å²) in [6, 6.07) is 7.76. The molecule has 2 aromatic rings. The van der Waals surface area contributed by atoms with Crippen LogP contribution in [0.15, 0.2) is 24.3 Å². The second-order valence-electron chi connectivity index (χ2n) is 4.78. The lowest BCUT2D eigenvalue weighted by Crippen LogP contribution is -2.09. The maximum absolute atomic E-state index is 11.1. The molecule has 0 aliphatic heterocycles. The normalized spacial score (nSPS) is 10.7. The standard InChI is InChI=1S/C15H18N2O2S/c1-10(2)14-13(9-18)20-15(16-14)17(3)11-6-5-7-12(8-11)19-4/h5-10H,1-4H3. The summed E-state index contributed by atoms with van der Waals surface area (Å²) in [5.41, 5.74) is 1.83. The van der Waals surface area contributed by atoms with Crippen LogP contribution in [0.1, 0.15) is 35.1 Å². The van der Waals surface area contributed by atoms with Gasteiger partial charge < -0.3 is 9.64 Å². The number of hydrogen-bond donors (Lipinski definition) is 0. The molecule has 20 heavy (non-hydrogen) atoms. The summed E-state index contributed by atoms with van der Waals surface area (Å²) in [4.78, 5) is 18.4. The molecule has 106 valence electrons. The summed E-state index contributed by atoms with van der Waals surface area (Å²) in [6.07, 6.45) is 0.885. The van der Waals surface area contributed by atoms with Crippen molar-refractivity contribution >= 4 is 28.4 Å². The number of rotatable bonds is 5. The highest BCUT2D eigenvalue weighted by Gasteiger charge is 2.17. The van der Waals surface area contributed by atoms with E-state index in [4.69, 9.17) is 4.74 Å². The summed E-state index contributed by atoms with van der Waals surface area (Å²) in [5.74, 6) is 1.03. The lowest BCUT2D eigenvalue weighted by molar-refractivity contribution is 0.112. The summed E-state index contributed by atoms with van der Waals surface area (Å²) >= 11 is 1.41. The molecule has 0 radical (unpaired) electrons. The summed E-state index contributed by atoms with van der Waals surface area (Å²) in [7, 11) is 3.58. The minimum absolute atomic E-state index is 0.235. The Balaban J connectivity index is 2.37. The molecule has 0 bridgehead atoms. The molecule has 0 N–H and O–H groups in total. The molecule has 0 atom stereocenters. The van der Waals surface area contributed by atoms with Crippen molar-refractivity contribution < 1.29 is 9.53 Å². The van der Waals surface area contributed by atoms with Crippen molar-refractivity contribution in [2.45, 2.75) is 19.8 Å². The number of thiazole rings is 1. The highest BCUT2D eigenvalue weighted by molar-refractivity contribution is 7.17. The number of methoxy groups -OCH3 is 1. The smallest absolute Gasteiger partial charge is 0.190 e. The lowest BCUT2D eigenvalue weighted by atomic mass is 10.1. The van der Waals surface area contributed by atoms with Crippen molar-refractivity contribution in [2.75, 3.05) is 19.1 Å². The highest BCUT2D eigenvalue weighted by Crippen LogP contribution is 2.33. The highest BCUT2D eigenvalue weighted by atomic mass is 32.1. The van der Waals surface area contributed by atoms with E-state index < -0.39 is 0 Å². The maximum Gasteiger partial charge on any atom is 0.190 e. The minimum Gasteiger partial charge on any atom is -0.497 e. The number of anilines is 2. The third-order valence-electron chi connectivity index (χ3n) is 3.05. The van der Waals surface area contributed by atoms with E-state index in [1.165, 1.54) is 11.3 Å². The maximum atomic E-state index is 11.1. The molecule has 4 nitrogen and oxygen atoms in total. The number of aldehydes is 1. The third-order valence-corrected chi connectivity index (χ3v) is 4.12. The van der Waals surface area contributed by atoms with Gasteiger partial charge in [-0.05, 0) is 18.1 Å². The molecule has 0 unspecified atom stereocenters. The van der Waals surface area contributed by atoms with Gasteiger partial charge in [-0.1, -0.05) is 31.3 Å². The molecule has 0 amide bonds. The summed E-state index contributed by atoms with van der Waals surface area (Å²) in [6.45, 7) is 4.08. The van der Waals surface area contributed by atoms with Crippen molar-refractivity contribution in [1.29, 1.82) is 0 Å². The van der Waals surface area contributed by atoms with Crippen molar-refractivity contribution in [3.8, 4) is 5.75 Å². The number of carbonyl (C=O) groups excluding carboxylic acids is 1. The number of nitrogens with zero attached hydrogens (tertiary/aromatic N) is 2. The van der Waals surface area contributed by atoms with E-state index in [0.717, 1.165) is 28.5 Å². The van der Waals surface area contributed by atoms with Gasteiger partial charge in [0.25, 0.3) is 0 Å². The van der Waals surface area contributed by atoms with Crippen molar-refractivity contribution in [2.24, 2.45) is 0 Å². The zero-order valence-electron chi connectivity index (χ0n) is 12.1. The minimum atomic E-state index is 0.235. The first-order valence-corrected chi connectivity index (χ1v) is 7.22. The fourth-order valence-electron chi connectivity index (χ4n) is 1.90. The van der Waals surface area contributed by atoms with E-state index in [0.29, 0.717) is 4.88 Å². The van der Waals surface area contributed by atoms with Gasteiger partial charge in [0, 0.05) is 18.8 Å². The fourth-order valence-corrected chi connectivity index (χ4v) is 2.92. The Labute approximate surface area is 123 Å². The largest absolute Gasteiger partial charge is 0.497 e. The molecule has 0 saturated heterocycles. The van der Waals surface area contributed by atoms with Crippen molar-refractivity contribution in [3.05, 3.63) is 34.8 Å². The molecule has 0 fully saturated rings. The Morgan fingerprint density at radius 2 is 2.15 bits per heavy atom. The molecule has 0 spiro atoms. The van der Waals surface area contributed by atoms with E-state index >= 15 is 0 Å². The second kappa shape index (κ2) is 6.05.